The van der Waals surface area contributed by atoms with E-state index in [0.717, 1.165) is 0 Å². The standard InChI is InChI=1S/C15H18ClN5O2/c1-23-13-4-3-11(16)9-12(13)21-10-14(22)17-7-8-20-15-18-5-2-6-19-15/h2-6,9,21H,7-8,10H2,1H3,(H,17,22)(H,18,19,20). The summed E-state index contributed by atoms with van der Waals surface area (Å²) in [7, 11) is 1.56. The molecule has 1 amide bonds. The molecule has 23 heavy (non-hydrogen) atoms. The minimum atomic E-state index is -0.136. The topological polar surface area (TPSA) is 88.2 Å². The molecule has 1 aromatic heterocycles. The van der Waals surface area contributed by atoms with Gasteiger partial charge in [0.2, 0.25) is 11.9 Å². The summed E-state index contributed by atoms with van der Waals surface area (Å²) in [6.45, 7) is 1.13. The van der Waals surface area contributed by atoms with E-state index in [0.29, 0.717) is 35.5 Å². The maximum atomic E-state index is 11.8. The number of hydrogen-bond acceptors (Lipinski definition) is 6. The second kappa shape index (κ2) is 8.79. The highest BCUT2D eigenvalue weighted by atomic mass is 35.5. The molecule has 8 heteroatoms. The molecule has 0 saturated carbocycles. The number of halogens is 1. The van der Waals surface area contributed by atoms with Gasteiger partial charge in [-0.2, -0.15) is 0 Å². The fraction of sp³-hybridized carbons (Fsp3) is 0.267. The first kappa shape index (κ1) is 16.8. The third-order valence-electron chi connectivity index (χ3n) is 2.90. The summed E-state index contributed by atoms with van der Waals surface area (Å²) in [6.07, 6.45) is 3.30. The van der Waals surface area contributed by atoms with E-state index in [9.17, 15) is 4.79 Å². The van der Waals surface area contributed by atoms with Crippen molar-refractivity contribution in [1.82, 2.24) is 15.3 Å². The number of aromatic nitrogens is 2. The van der Waals surface area contributed by atoms with E-state index < -0.39 is 0 Å². The molecule has 122 valence electrons. The van der Waals surface area contributed by atoms with Crippen molar-refractivity contribution in [3.8, 4) is 5.75 Å². The number of nitrogens with zero attached hydrogens (tertiary/aromatic N) is 2. The summed E-state index contributed by atoms with van der Waals surface area (Å²) >= 11 is 5.93. The summed E-state index contributed by atoms with van der Waals surface area (Å²) in [6, 6.07) is 6.92. The van der Waals surface area contributed by atoms with Crippen molar-refractivity contribution in [2.24, 2.45) is 0 Å². The van der Waals surface area contributed by atoms with Gasteiger partial charge in [-0.1, -0.05) is 11.6 Å². The van der Waals surface area contributed by atoms with Gasteiger partial charge in [0.1, 0.15) is 5.75 Å². The molecule has 2 aromatic rings. The van der Waals surface area contributed by atoms with Gasteiger partial charge >= 0.3 is 0 Å². The molecule has 2 rings (SSSR count). The predicted octanol–water partition coefficient (Wildman–Crippen LogP) is 1.78. The van der Waals surface area contributed by atoms with Crippen molar-refractivity contribution in [3.63, 3.8) is 0 Å². The van der Waals surface area contributed by atoms with Crippen LogP contribution in [0.2, 0.25) is 5.02 Å². The zero-order chi connectivity index (χ0) is 16.5. The highest BCUT2D eigenvalue weighted by Crippen LogP contribution is 2.27. The number of anilines is 2. The molecule has 0 aliphatic carbocycles. The molecule has 1 heterocycles. The number of carbonyl (C=O) groups is 1. The van der Waals surface area contributed by atoms with Crippen molar-refractivity contribution in [3.05, 3.63) is 41.7 Å². The van der Waals surface area contributed by atoms with Gasteiger partial charge in [-0.3, -0.25) is 4.79 Å². The van der Waals surface area contributed by atoms with Crippen LogP contribution in [0.5, 0.6) is 5.75 Å². The highest BCUT2D eigenvalue weighted by Gasteiger charge is 2.06. The van der Waals surface area contributed by atoms with E-state index in [1.54, 1.807) is 43.8 Å². The van der Waals surface area contributed by atoms with Crippen molar-refractivity contribution in [2.75, 3.05) is 37.4 Å². The fourth-order valence-corrected chi connectivity index (χ4v) is 2.00. The number of nitrogens with one attached hydrogen (secondary N) is 3. The van der Waals surface area contributed by atoms with E-state index in [1.807, 2.05) is 0 Å². The normalized spacial score (nSPS) is 10.0. The summed E-state index contributed by atoms with van der Waals surface area (Å²) in [5.41, 5.74) is 0.672. The quantitative estimate of drug-likeness (QED) is 0.637. The highest BCUT2D eigenvalue weighted by molar-refractivity contribution is 6.30. The molecule has 0 spiro atoms. The minimum Gasteiger partial charge on any atom is -0.495 e. The molecule has 0 bridgehead atoms. The van der Waals surface area contributed by atoms with Crippen LogP contribution in [0.15, 0.2) is 36.7 Å². The monoisotopic (exact) mass is 335 g/mol. The lowest BCUT2D eigenvalue weighted by molar-refractivity contribution is -0.119. The van der Waals surface area contributed by atoms with Gasteiger partial charge in [0.25, 0.3) is 0 Å². The van der Waals surface area contributed by atoms with Gasteiger partial charge in [-0.25, -0.2) is 9.97 Å². The van der Waals surface area contributed by atoms with Crippen LogP contribution in [0.3, 0.4) is 0 Å². The van der Waals surface area contributed by atoms with Crippen molar-refractivity contribution in [2.45, 2.75) is 0 Å². The van der Waals surface area contributed by atoms with Crippen LogP contribution in [0.1, 0.15) is 0 Å². The van der Waals surface area contributed by atoms with Gasteiger partial charge in [-0.05, 0) is 24.3 Å². The number of methoxy groups -OCH3 is 1. The Labute approximate surface area is 139 Å². The maximum Gasteiger partial charge on any atom is 0.239 e. The Balaban J connectivity index is 1.70. The second-order valence-corrected chi connectivity index (χ2v) is 4.98. The zero-order valence-electron chi connectivity index (χ0n) is 12.7. The van der Waals surface area contributed by atoms with Crippen LogP contribution in [-0.4, -0.2) is 42.6 Å². The van der Waals surface area contributed by atoms with Crippen LogP contribution >= 0.6 is 11.6 Å². The Morgan fingerprint density at radius 1 is 1.22 bits per heavy atom. The van der Waals surface area contributed by atoms with Crippen molar-refractivity contribution >= 4 is 29.1 Å². The first-order valence-electron chi connectivity index (χ1n) is 7.04. The Morgan fingerprint density at radius 2 is 2.00 bits per heavy atom. The Hall–Kier alpha value is -2.54. The lowest BCUT2D eigenvalue weighted by atomic mass is 10.3. The number of rotatable bonds is 8. The molecule has 7 nitrogen and oxygen atoms in total. The average molecular weight is 336 g/mol. The van der Waals surface area contributed by atoms with Crippen LogP contribution in [0, 0.1) is 0 Å². The van der Waals surface area contributed by atoms with Crippen molar-refractivity contribution < 1.29 is 9.53 Å². The molecular weight excluding hydrogens is 318 g/mol. The van der Waals surface area contributed by atoms with E-state index in [2.05, 4.69) is 25.9 Å². The summed E-state index contributed by atoms with van der Waals surface area (Å²) in [4.78, 5) is 19.9. The first-order chi connectivity index (χ1) is 11.2. The van der Waals surface area contributed by atoms with E-state index >= 15 is 0 Å². The van der Waals surface area contributed by atoms with Gasteiger partial charge in [0, 0.05) is 30.5 Å². The van der Waals surface area contributed by atoms with Gasteiger partial charge in [0.05, 0.1) is 19.3 Å². The van der Waals surface area contributed by atoms with E-state index in [1.165, 1.54) is 0 Å². The maximum absolute atomic E-state index is 11.8. The number of carbonyl (C=O) groups excluding carboxylic acids is 1. The number of ether oxygens (including phenoxy) is 1. The smallest absolute Gasteiger partial charge is 0.239 e. The third-order valence-corrected chi connectivity index (χ3v) is 3.13. The molecule has 0 unspecified atom stereocenters. The van der Waals surface area contributed by atoms with E-state index in [4.69, 9.17) is 16.3 Å². The third kappa shape index (κ3) is 5.63. The minimum absolute atomic E-state index is 0.124. The Kier molecular flexibility index (Phi) is 6.43. The number of hydrogen-bond donors (Lipinski definition) is 3. The lowest BCUT2D eigenvalue weighted by Gasteiger charge is -2.12. The first-order valence-corrected chi connectivity index (χ1v) is 7.42. The molecule has 0 aliphatic heterocycles. The van der Waals surface area contributed by atoms with Crippen LogP contribution in [0.4, 0.5) is 11.6 Å². The molecule has 1 aromatic carbocycles. The van der Waals surface area contributed by atoms with Gasteiger partial charge < -0.3 is 20.7 Å². The van der Waals surface area contributed by atoms with E-state index in [-0.39, 0.29) is 12.5 Å². The fourth-order valence-electron chi connectivity index (χ4n) is 1.82. The molecule has 0 saturated heterocycles. The largest absolute Gasteiger partial charge is 0.495 e. The molecule has 0 fully saturated rings. The number of amides is 1. The Morgan fingerprint density at radius 3 is 2.74 bits per heavy atom. The van der Waals surface area contributed by atoms with Gasteiger partial charge in [-0.15, -0.1) is 0 Å². The molecule has 3 N–H and O–H groups in total. The summed E-state index contributed by atoms with van der Waals surface area (Å²) < 4.78 is 5.20. The second-order valence-electron chi connectivity index (χ2n) is 4.55. The molecule has 0 radical (unpaired) electrons. The predicted molar refractivity (Wildman–Crippen MR) is 90.0 cm³/mol. The summed E-state index contributed by atoms with van der Waals surface area (Å²) in [5.74, 6) is 1.02. The van der Waals surface area contributed by atoms with Crippen molar-refractivity contribution in [1.29, 1.82) is 0 Å². The average Bonchev–Trinajstić information content (AvgIpc) is 2.58. The molecular formula is C15H18ClN5O2. The molecule has 0 atom stereocenters. The van der Waals surface area contributed by atoms with Crippen LogP contribution in [0.25, 0.3) is 0 Å². The zero-order valence-corrected chi connectivity index (χ0v) is 13.4. The SMILES string of the molecule is COc1ccc(Cl)cc1NCC(=O)NCCNc1ncccn1. The molecule has 0 aliphatic rings. The van der Waals surface area contributed by atoms with Crippen LogP contribution < -0.4 is 20.7 Å². The lowest BCUT2D eigenvalue weighted by Crippen LogP contribution is -2.33. The number of benzene rings is 1. The summed E-state index contributed by atoms with van der Waals surface area (Å²) in [5, 5.41) is 9.35. The van der Waals surface area contributed by atoms with Gasteiger partial charge in [0.15, 0.2) is 0 Å². The Bertz CT molecular complexity index is 639. The van der Waals surface area contributed by atoms with Crippen LogP contribution in [-0.2, 0) is 4.79 Å².